The minimum atomic E-state index is -0.134. The number of hydrogen-bond acceptors (Lipinski definition) is 4. The molecule has 0 aliphatic carbocycles. The van der Waals surface area contributed by atoms with E-state index in [2.05, 4.69) is 20.9 Å². The van der Waals surface area contributed by atoms with Gasteiger partial charge in [0.2, 0.25) is 0 Å². The number of aromatic nitrogens is 1. The highest BCUT2D eigenvalue weighted by molar-refractivity contribution is 9.10. The van der Waals surface area contributed by atoms with Gasteiger partial charge in [0.25, 0.3) is 5.89 Å². The van der Waals surface area contributed by atoms with Crippen LogP contribution in [-0.4, -0.2) is 10.1 Å². The van der Waals surface area contributed by atoms with Gasteiger partial charge in [-0.2, -0.15) is 0 Å². The van der Waals surface area contributed by atoms with Crippen LogP contribution in [-0.2, 0) is 6.61 Å². The number of oxazole rings is 1. The zero-order valence-electron chi connectivity index (χ0n) is 6.53. The van der Waals surface area contributed by atoms with Crippen LogP contribution in [0.4, 0.5) is 0 Å². The lowest BCUT2D eigenvalue weighted by Crippen LogP contribution is -1.81. The average Bonchev–Trinajstić information content (AvgIpc) is 2.71. The van der Waals surface area contributed by atoms with Gasteiger partial charge in [0, 0.05) is 0 Å². The van der Waals surface area contributed by atoms with Gasteiger partial charge in [-0.1, -0.05) is 0 Å². The molecule has 0 saturated heterocycles. The van der Waals surface area contributed by atoms with Crippen molar-refractivity contribution in [1.82, 2.24) is 4.98 Å². The van der Waals surface area contributed by atoms with E-state index < -0.39 is 0 Å². The zero-order chi connectivity index (χ0) is 9.26. The maximum absolute atomic E-state index is 8.74. The van der Waals surface area contributed by atoms with Crippen molar-refractivity contribution < 1.29 is 13.9 Å². The Morgan fingerprint density at radius 2 is 2.31 bits per heavy atom. The quantitative estimate of drug-likeness (QED) is 0.879. The van der Waals surface area contributed by atoms with Gasteiger partial charge in [0.1, 0.15) is 12.0 Å². The van der Waals surface area contributed by atoms with Gasteiger partial charge in [-0.25, -0.2) is 4.98 Å². The van der Waals surface area contributed by atoms with Crippen LogP contribution in [0.2, 0.25) is 0 Å². The summed E-state index contributed by atoms with van der Waals surface area (Å²) < 4.78 is 10.9. The molecular formula is C8H6BrNO3. The molecule has 2 aromatic heterocycles. The summed E-state index contributed by atoms with van der Waals surface area (Å²) >= 11 is 3.17. The monoisotopic (exact) mass is 243 g/mol. The maximum atomic E-state index is 8.74. The smallest absolute Gasteiger partial charge is 0.263 e. The molecule has 0 amide bonds. The summed E-state index contributed by atoms with van der Waals surface area (Å²) in [6.07, 6.45) is 1.39. The molecule has 0 aliphatic rings. The van der Waals surface area contributed by atoms with Crippen LogP contribution in [0, 0.1) is 0 Å². The first-order valence-electron chi connectivity index (χ1n) is 3.60. The fourth-order valence-corrected chi connectivity index (χ4v) is 1.23. The number of rotatable bonds is 2. The van der Waals surface area contributed by atoms with E-state index in [-0.39, 0.29) is 6.61 Å². The fraction of sp³-hybridized carbons (Fsp3) is 0.125. The molecule has 2 aromatic rings. The van der Waals surface area contributed by atoms with Gasteiger partial charge < -0.3 is 13.9 Å². The minimum absolute atomic E-state index is 0.134. The number of aliphatic hydroxyl groups is 1. The Morgan fingerprint density at radius 1 is 1.46 bits per heavy atom. The van der Waals surface area contributed by atoms with Crippen LogP contribution in [0.25, 0.3) is 11.7 Å². The Kier molecular flexibility index (Phi) is 2.20. The topological polar surface area (TPSA) is 59.4 Å². The van der Waals surface area contributed by atoms with E-state index in [9.17, 15) is 0 Å². The SMILES string of the molecule is OCc1coc(-c2ccc(Br)o2)n1. The van der Waals surface area contributed by atoms with Gasteiger partial charge in [-0.15, -0.1) is 0 Å². The predicted molar refractivity (Wildman–Crippen MR) is 47.8 cm³/mol. The van der Waals surface area contributed by atoms with Gasteiger partial charge in [-0.3, -0.25) is 0 Å². The molecule has 4 nitrogen and oxygen atoms in total. The summed E-state index contributed by atoms with van der Waals surface area (Å²) in [4.78, 5) is 3.98. The molecule has 68 valence electrons. The summed E-state index contributed by atoms with van der Waals surface area (Å²) in [7, 11) is 0. The van der Waals surface area contributed by atoms with E-state index in [4.69, 9.17) is 13.9 Å². The fourth-order valence-electron chi connectivity index (χ4n) is 0.922. The van der Waals surface area contributed by atoms with E-state index in [0.717, 1.165) is 0 Å². The van der Waals surface area contributed by atoms with Crippen LogP contribution in [0.5, 0.6) is 0 Å². The molecule has 0 aliphatic heterocycles. The van der Waals surface area contributed by atoms with Gasteiger partial charge >= 0.3 is 0 Å². The molecular weight excluding hydrogens is 238 g/mol. The molecule has 0 fully saturated rings. The first-order valence-corrected chi connectivity index (χ1v) is 4.40. The highest BCUT2D eigenvalue weighted by atomic mass is 79.9. The maximum Gasteiger partial charge on any atom is 0.263 e. The summed E-state index contributed by atoms with van der Waals surface area (Å²) in [5, 5.41) is 8.74. The zero-order valence-corrected chi connectivity index (χ0v) is 8.11. The Morgan fingerprint density at radius 3 is 2.85 bits per heavy atom. The van der Waals surface area contributed by atoms with E-state index >= 15 is 0 Å². The third kappa shape index (κ3) is 1.66. The number of aliphatic hydroxyl groups excluding tert-OH is 1. The molecule has 0 aromatic carbocycles. The highest BCUT2D eigenvalue weighted by Gasteiger charge is 2.09. The van der Waals surface area contributed by atoms with Gasteiger partial charge in [0.15, 0.2) is 10.4 Å². The molecule has 0 spiro atoms. The number of nitrogens with zero attached hydrogens (tertiary/aromatic N) is 1. The lowest BCUT2D eigenvalue weighted by Gasteiger charge is -1.85. The molecule has 1 N–H and O–H groups in total. The standard InChI is InChI=1S/C8H6BrNO3/c9-7-2-1-6(13-7)8-10-5(3-11)4-12-8/h1-2,4,11H,3H2. The van der Waals surface area contributed by atoms with Crippen LogP contribution >= 0.6 is 15.9 Å². The lowest BCUT2D eigenvalue weighted by molar-refractivity contribution is 0.276. The van der Waals surface area contributed by atoms with Crippen molar-refractivity contribution in [2.75, 3.05) is 0 Å². The summed E-state index contributed by atoms with van der Waals surface area (Å²) in [5.41, 5.74) is 0.488. The number of hydrogen-bond donors (Lipinski definition) is 1. The summed E-state index contributed by atoms with van der Waals surface area (Å²) in [5.74, 6) is 0.904. The molecule has 13 heavy (non-hydrogen) atoms. The molecule has 0 radical (unpaired) electrons. The van der Waals surface area contributed by atoms with Crippen LogP contribution in [0.3, 0.4) is 0 Å². The Labute approximate surface area is 82.3 Å². The average molecular weight is 244 g/mol. The van der Waals surface area contributed by atoms with Crippen molar-refractivity contribution in [2.45, 2.75) is 6.61 Å². The number of furan rings is 1. The van der Waals surface area contributed by atoms with E-state index in [1.165, 1.54) is 6.26 Å². The van der Waals surface area contributed by atoms with Gasteiger partial charge in [-0.05, 0) is 28.1 Å². The second-order valence-electron chi connectivity index (χ2n) is 2.41. The van der Waals surface area contributed by atoms with Crippen molar-refractivity contribution >= 4 is 15.9 Å². The van der Waals surface area contributed by atoms with Gasteiger partial charge in [0.05, 0.1) is 6.61 Å². The Balaban J connectivity index is 2.35. The van der Waals surface area contributed by atoms with Crippen molar-refractivity contribution in [3.63, 3.8) is 0 Å². The largest absolute Gasteiger partial charge is 0.444 e. The van der Waals surface area contributed by atoms with E-state index in [0.29, 0.717) is 22.0 Å². The molecule has 2 rings (SSSR count). The number of halogens is 1. The minimum Gasteiger partial charge on any atom is -0.444 e. The third-order valence-corrected chi connectivity index (χ3v) is 1.92. The first-order chi connectivity index (χ1) is 6.29. The summed E-state index contributed by atoms with van der Waals surface area (Å²) in [6.45, 7) is -0.134. The van der Waals surface area contributed by atoms with Crippen molar-refractivity contribution in [3.05, 3.63) is 28.8 Å². The second-order valence-corrected chi connectivity index (χ2v) is 3.19. The molecule has 0 bridgehead atoms. The molecule has 5 heteroatoms. The lowest BCUT2D eigenvalue weighted by atomic mass is 10.4. The normalized spacial score (nSPS) is 10.6. The molecule has 2 heterocycles. The molecule has 0 atom stereocenters. The first kappa shape index (κ1) is 8.52. The van der Waals surface area contributed by atoms with Crippen LogP contribution in [0.15, 0.2) is 31.9 Å². The molecule has 0 saturated carbocycles. The Bertz CT molecular complexity index is 407. The van der Waals surface area contributed by atoms with E-state index in [1.54, 1.807) is 12.1 Å². The summed E-state index contributed by atoms with van der Waals surface area (Å²) in [6, 6.07) is 3.48. The van der Waals surface area contributed by atoms with Crippen LogP contribution < -0.4 is 0 Å². The second kappa shape index (κ2) is 3.35. The molecule has 0 unspecified atom stereocenters. The van der Waals surface area contributed by atoms with Crippen molar-refractivity contribution in [2.24, 2.45) is 0 Å². The highest BCUT2D eigenvalue weighted by Crippen LogP contribution is 2.24. The third-order valence-electron chi connectivity index (χ3n) is 1.50. The van der Waals surface area contributed by atoms with Crippen LogP contribution in [0.1, 0.15) is 5.69 Å². The van der Waals surface area contributed by atoms with Crippen molar-refractivity contribution in [3.8, 4) is 11.7 Å². The Hall–Kier alpha value is -1.07. The van der Waals surface area contributed by atoms with Crippen molar-refractivity contribution in [1.29, 1.82) is 0 Å². The predicted octanol–water partition coefficient (Wildman–Crippen LogP) is 2.19. The van der Waals surface area contributed by atoms with E-state index in [1.807, 2.05) is 0 Å².